The van der Waals surface area contributed by atoms with Gasteiger partial charge in [-0.15, -0.1) is 0 Å². The van der Waals surface area contributed by atoms with Crippen molar-refractivity contribution in [2.24, 2.45) is 4.99 Å². The number of hydrogen-bond donors (Lipinski definition) is 1. The maximum Gasteiger partial charge on any atom is 0.302 e. The Balaban J connectivity index is 0.000000353. The van der Waals surface area contributed by atoms with E-state index in [-0.39, 0.29) is 5.97 Å². The van der Waals surface area contributed by atoms with Gasteiger partial charge in [0.2, 0.25) is 0 Å². The Morgan fingerprint density at radius 3 is 2.79 bits per heavy atom. The first-order valence-corrected chi connectivity index (χ1v) is 10.1. The molecule has 0 spiro atoms. The molecule has 0 radical (unpaired) electrons. The summed E-state index contributed by atoms with van der Waals surface area (Å²) in [5.74, 6) is 2.31. The molecule has 6 nitrogen and oxygen atoms in total. The molecule has 0 aromatic heterocycles. The van der Waals surface area contributed by atoms with Crippen molar-refractivity contribution in [2.75, 3.05) is 26.2 Å². The number of nitrogens with zero attached hydrogens (tertiary/aromatic N) is 2. The Labute approximate surface area is 176 Å². The van der Waals surface area contributed by atoms with Gasteiger partial charge in [-0.2, -0.15) is 0 Å². The van der Waals surface area contributed by atoms with Crippen molar-refractivity contribution in [2.45, 2.75) is 26.8 Å². The second-order valence-corrected chi connectivity index (χ2v) is 7.31. The van der Waals surface area contributed by atoms with Crippen molar-refractivity contribution in [3.63, 3.8) is 0 Å². The molecule has 0 saturated carbocycles. The molecule has 0 amide bonds. The van der Waals surface area contributed by atoms with Gasteiger partial charge in [-0.25, -0.2) is 4.99 Å². The number of benzene rings is 2. The molecular formula is C22H26ClN3O3. The number of piperazine rings is 1. The summed E-state index contributed by atoms with van der Waals surface area (Å²) in [6.07, 6.45) is 0. The lowest BCUT2D eigenvalue weighted by Gasteiger charge is -2.34. The number of nitrogens with one attached hydrogen (secondary N) is 1. The standard InChI is InChI=1S/C18H18ClN3O.C4H8O2/c1-12-11-22(9-8-20-12)18-14-4-2-3-5-16(14)23-17-7-6-13(19)10-15(17)21-18;1-3-6-4(2)5/h2-7,10,12,20H,8-9,11H2,1H3;3H2,1-2H3. The Kier molecular flexibility index (Phi) is 7.12. The summed E-state index contributed by atoms with van der Waals surface area (Å²) >= 11 is 6.15. The second kappa shape index (κ2) is 9.76. The largest absolute Gasteiger partial charge is 0.466 e. The number of rotatable bonds is 1. The van der Waals surface area contributed by atoms with Gasteiger partial charge in [-0.05, 0) is 44.2 Å². The Hall–Kier alpha value is -2.57. The molecule has 2 aliphatic heterocycles. The van der Waals surface area contributed by atoms with E-state index in [1.165, 1.54) is 6.92 Å². The molecule has 1 N–H and O–H groups in total. The van der Waals surface area contributed by atoms with Crippen LogP contribution < -0.4 is 10.1 Å². The van der Waals surface area contributed by atoms with E-state index in [4.69, 9.17) is 21.3 Å². The molecule has 2 heterocycles. The first kappa shape index (κ1) is 21.1. The van der Waals surface area contributed by atoms with Crippen LogP contribution in [0.15, 0.2) is 47.5 Å². The van der Waals surface area contributed by atoms with Crippen molar-refractivity contribution < 1.29 is 14.3 Å². The van der Waals surface area contributed by atoms with Gasteiger partial charge in [0.1, 0.15) is 17.3 Å². The van der Waals surface area contributed by atoms with Gasteiger partial charge in [0.25, 0.3) is 0 Å². The molecule has 154 valence electrons. The molecule has 1 fully saturated rings. The molecule has 2 aromatic rings. The lowest BCUT2D eigenvalue weighted by Crippen LogP contribution is -2.51. The molecule has 7 heteroatoms. The molecule has 1 unspecified atom stereocenters. The number of amidine groups is 1. The minimum Gasteiger partial charge on any atom is -0.466 e. The maximum absolute atomic E-state index is 9.82. The van der Waals surface area contributed by atoms with E-state index >= 15 is 0 Å². The number of halogens is 1. The van der Waals surface area contributed by atoms with E-state index in [1.807, 2.05) is 36.4 Å². The Morgan fingerprint density at radius 1 is 1.31 bits per heavy atom. The average Bonchev–Trinajstić information content (AvgIpc) is 2.85. The predicted octanol–water partition coefficient (Wildman–Crippen LogP) is 4.39. The zero-order valence-electron chi connectivity index (χ0n) is 16.9. The zero-order valence-corrected chi connectivity index (χ0v) is 17.7. The highest BCUT2D eigenvalue weighted by molar-refractivity contribution is 6.31. The number of carbonyl (C=O) groups is 1. The molecule has 4 rings (SSSR count). The number of esters is 1. The number of carbonyl (C=O) groups excluding carboxylic acids is 1. The normalized spacial score (nSPS) is 17.4. The summed E-state index contributed by atoms with van der Waals surface area (Å²) in [4.78, 5) is 17.0. The van der Waals surface area contributed by atoms with Gasteiger partial charge in [0.15, 0.2) is 5.75 Å². The zero-order chi connectivity index (χ0) is 20.8. The summed E-state index contributed by atoms with van der Waals surface area (Å²) in [6.45, 7) is 8.64. The minimum absolute atomic E-state index is 0.211. The fourth-order valence-electron chi connectivity index (χ4n) is 3.27. The van der Waals surface area contributed by atoms with Crippen LogP contribution in [0, 0.1) is 0 Å². The highest BCUT2D eigenvalue weighted by Gasteiger charge is 2.25. The first-order chi connectivity index (χ1) is 14.0. The van der Waals surface area contributed by atoms with E-state index in [0.717, 1.165) is 48.2 Å². The van der Waals surface area contributed by atoms with E-state index in [2.05, 4.69) is 27.9 Å². The van der Waals surface area contributed by atoms with Crippen molar-refractivity contribution in [3.05, 3.63) is 53.1 Å². The summed E-state index contributed by atoms with van der Waals surface area (Å²) in [6, 6.07) is 14.0. The van der Waals surface area contributed by atoms with Crippen molar-refractivity contribution in [1.82, 2.24) is 10.2 Å². The van der Waals surface area contributed by atoms with Crippen LogP contribution in [0.2, 0.25) is 5.02 Å². The van der Waals surface area contributed by atoms with Crippen LogP contribution in [0.25, 0.3) is 0 Å². The van der Waals surface area contributed by atoms with E-state index in [1.54, 1.807) is 6.92 Å². The summed E-state index contributed by atoms with van der Waals surface area (Å²) in [7, 11) is 0. The lowest BCUT2D eigenvalue weighted by molar-refractivity contribution is -0.140. The van der Waals surface area contributed by atoms with E-state index in [0.29, 0.717) is 17.7 Å². The van der Waals surface area contributed by atoms with Crippen molar-refractivity contribution in [1.29, 1.82) is 0 Å². The van der Waals surface area contributed by atoms with Gasteiger partial charge in [0, 0.05) is 37.6 Å². The quantitative estimate of drug-likeness (QED) is 0.700. The number of fused-ring (bicyclic) bond motifs is 2. The van der Waals surface area contributed by atoms with Crippen molar-refractivity contribution in [3.8, 4) is 11.5 Å². The first-order valence-electron chi connectivity index (χ1n) is 9.75. The molecule has 0 aliphatic carbocycles. The molecule has 2 aliphatic rings. The van der Waals surface area contributed by atoms with Gasteiger partial charge >= 0.3 is 5.97 Å². The molecular weight excluding hydrogens is 390 g/mol. The SMILES string of the molecule is CC1CN(C2=Nc3cc(Cl)ccc3Oc3ccccc32)CCN1.CCOC(C)=O. The highest BCUT2D eigenvalue weighted by atomic mass is 35.5. The summed E-state index contributed by atoms with van der Waals surface area (Å²) in [5.41, 5.74) is 1.80. The Morgan fingerprint density at radius 2 is 2.10 bits per heavy atom. The number of hydrogen-bond acceptors (Lipinski definition) is 6. The van der Waals surface area contributed by atoms with Crippen LogP contribution in [-0.2, 0) is 9.53 Å². The van der Waals surface area contributed by atoms with E-state index in [9.17, 15) is 4.79 Å². The Bertz CT molecular complexity index is 901. The van der Waals surface area contributed by atoms with Crippen LogP contribution in [0.5, 0.6) is 11.5 Å². The van der Waals surface area contributed by atoms with Crippen LogP contribution in [0.3, 0.4) is 0 Å². The molecule has 1 saturated heterocycles. The van der Waals surface area contributed by atoms with Crippen molar-refractivity contribution >= 4 is 29.1 Å². The lowest BCUT2D eigenvalue weighted by atomic mass is 10.1. The fraction of sp³-hybridized carbons (Fsp3) is 0.364. The predicted molar refractivity (Wildman–Crippen MR) is 116 cm³/mol. The van der Waals surface area contributed by atoms with Gasteiger partial charge in [-0.1, -0.05) is 23.7 Å². The van der Waals surface area contributed by atoms with Crippen LogP contribution in [0.1, 0.15) is 26.3 Å². The topological polar surface area (TPSA) is 63.2 Å². The molecule has 29 heavy (non-hydrogen) atoms. The summed E-state index contributed by atoms with van der Waals surface area (Å²) < 4.78 is 10.5. The van der Waals surface area contributed by atoms with Gasteiger partial charge < -0.3 is 19.7 Å². The smallest absolute Gasteiger partial charge is 0.302 e. The average molecular weight is 416 g/mol. The number of aliphatic imine (C=N–C) groups is 1. The minimum atomic E-state index is -0.211. The van der Waals surface area contributed by atoms with Crippen LogP contribution in [-0.4, -0.2) is 49.0 Å². The van der Waals surface area contributed by atoms with Crippen LogP contribution in [0.4, 0.5) is 5.69 Å². The van der Waals surface area contributed by atoms with Gasteiger partial charge in [-0.3, -0.25) is 4.79 Å². The highest BCUT2D eigenvalue weighted by Crippen LogP contribution is 2.39. The maximum atomic E-state index is 9.82. The third-order valence-electron chi connectivity index (χ3n) is 4.51. The number of ether oxygens (including phenoxy) is 2. The monoisotopic (exact) mass is 415 g/mol. The molecule has 0 bridgehead atoms. The molecule has 2 aromatic carbocycles. The molecule has 1 atom stereocenters. The van der Waals surface area contributed by atoms with Crippen LogP contribution >= 0.6 is 11.6 Å². The third-order valence-corrected chi connectivity index (χ3v) is 4.75. The third kappa shape index (κ3) is 5.49. The number of para-hydroxylation sites is 1. The van der Waals surface area contributed by atoms with Gasteiger partial charge in [0.05, 0.1) is 12.2 Å². The fourth-order valence-corrected chi connectivity index (χ4v) is 3.43. The van der Waals surface area contributed by atoms with E-state index < -0.39 is 0 Å². The second-order valence-electron chi connectivity index (χ2n) is 6.87. The summed E-state index contributed by atoms with van der Waals surface area (Å²) in [5, 5.41) is 4.13.